The third kappa shape index (κ3) is 4.27. The van der Waals surface area contributed by atoms with Gasteiger partial charge in [-0.3, -0.25) is 4.79 Å². The maximum atomic E-state index is 13.2. The van der Waals surface area contributed by atoms with Crippen LogP contribution in [0.25, 0.3) is 16.8 Å². The second-order valence-corrected chi connectivity index (χ2v) is 7.67. The molecule has 4 rings (SSSR count). The third-order valence-corrected chi connectivity index (χ3v) is 5.38. The molecule has 0 bridgehead atoms. The monoisotopic (exact) mass is 430 g/mol. The van der Waals surface area contributed by atoms with Gasteiger partial charge < -0.3 is 9.88 Å². The predicted molar refractivity (Wildman–Crippen MR) is 120 cm³/mol. The van der Waals surface area contributed by atoms with Crippen LogP contribution < -0.4 is 5.32 Å². The summed E-state index contributed by atoms with van der Waals surface area (Å²) in [6, 6.07) is 13.6. The van der Waals surface area contributed by atoms with Crippen LogP contribution in [0.5, 0.6) is 0 Å². The van der Waals surface area contributed by atoms with Crippen molar-refractivity contribution in [3.63, 3.8) is 0 Å². The molecule has 0 radical (unpaired) electrons. The lowest BCUT2D eigenvalue weighted by Crippen LogP contribution is -2.28. The zero-order chi connectivity index (χ0) is 22.7. The fourth-order valence-corrected chi connectivity index (χ4v) is 3.59. The molecule has 1 N–H and O–H groups in total. The molecule has 0 saturated carbocycles. The Morgan fingerprint density at radius 1 is 1.06 bits per heavy atom. The topological polar surface area (TPSA) is 103 Å². The van der Waals surface area contributed by atoms with Gasteiger partial charge in [0.2, 0.25) is 0 Å². The van der Waals surface area contributed by atoms with E-state index in [-0.39, 0.29) is 11.9 Å². The molecular formula is C23H26N8O. The minimum Gasteiger partial charge on any atom is -0.342 e. The Morgan fingerprint density at radius 3 is 2.56 bits per heavy atom. The highest BCUT2D eigenvalue weighted by Crippen LogP contribution is 2.25. The SMILES string of the molecule is CCc1nnnn1-c1cc(C(=O)NC(C)c2nncn2CC)cc(-c2ccc(C)cc2)c1. The van der Waals surface area contributed by atoms with E-state index < -0.39 is 0 Å². The molecule has 0 aliphatic carbocycles. The van der Waals surface area contributed by atoms with Gasteiger partial charge in [0.15, 0.2) is 11.6 Å². The molecule has 32 heavy (non-hydrogen) atoms. The number of tetrazole rings is 1. The largest absolute Gasteiger partial charge is 0.342 e. The third-order valence-electron chi connectivity index (χ3n) is 5.38. The summed E-state index contributed by atoms with van der Waals surface area (Å²) in [5, 5.41) is 23.2. The molecule has 9 nitrogen and oxygen atoms in total. The van der Waals surface area contributed by atoms with Gasteiger partial charge in [-0.25, -0.2) is 0 Å². The van der Waals surface area contributed by atoms with Gasteiger partial charge in [0.25, 0.3) is 5.91 Å². The minimum absolute atomic E-state index is 0.204. The number of benzene rings is 2. The van der Waals surface area contributed by atoms with Gasteiger partial charge in [0.1, 0.15) is 6.33 Å². The van der Waals surface area contributed by atoms with Gasteiger partial charge in [-0.15, -0.1) is 15.3 Å². The quantitative estimate of drug-likeness (QED) is 0.482. The van der Waals surface area contributed by atoms with Gasteiger partial charge in [-0.2, -0.15) is 4.68 Å². The lowest BCUT2D eigenvalue weighted by atomic mass is 10.0. The van der Waals surface area contributed by atoms with E-state index in [1.807, 2.05) is 56.5 Å². The lowest BCUT2D eigenvalue weighted by Gasteiger charge is -2.16. The van der Waals surface area contributed by atoms with Gasteiger partial charge in [0, 0.05) is 18.5 Å². The number of aromatic nitrogens is 7. The van der Waals surface area contributed by atoms with Crippen molar-refractivity contribution in [1.82, 2.24) is 40.3 Å². The van der Waals surface area contributed by atoms with E-state index in [1.54, 1.807) is 17.1 Å². The first kappa shape index (κ1) is 21.4. The molecule has 164 valence electrons. The molecule has 4 aromatic rings. The van der Waals surface area contributed by atoms with E-state index in [9.17, 15) is 4.79 Å². The summed E-state index contributed by atoms with van der Waals surface area (Å²) in [5.41, 5.74) is 4.35. The van der Waals surface area contributed by atoms with E-state index in [2.05, 4.69) is 43.2 Å². The highest BCUT2D eigenvalue weighted by molar-refractivity contribution is 5.96. The average Bonchev–Trinajstić information content (AvgIpc) is 3.48. The van der Waals surface area contributed by atoms with Crippen molar-refractivity contribution in [3.8, 4) is 16.8 Å². The second-order valence-electron chi connectivity index (χ2n) is 7.67. The van der Waals surface area contributed by atoms with Gasteiger partial charge in [-0.05, 0) is 60.5 Å². The second kappa shape index (κ2) is 9.09. The summed E-state index contributed by atoms with van der Waals surface area (Å²) in [5.74, 6) is 1.23. The Balaban J connectivity index is 1.73. The molecule has 1 atom stereocenters. The number of aryl methyl sites for hydroxylation is 3. The highest BCUT2D eigenvalue weighted by atomic mass is 16.1. The summed E-state index contributed by atoms with van der Waals surface area (Å²) in [7, 11) is 0. The Bertz CT molecular complexity index is 1230. The van der Waals surface area contributed by atoms with Crippen molar-refractivity contribution in [3.05, 3.63) is 71.6 Å². The van der Waals surface area contributed by atoms with Crippen molar-refractivity contribution in [1.29, 1.82) is 0 Å². The molecule has 0 aliphatic rings. The van der Waals surface area contributed by atoms with Gasteiger partial charge >= 0.3 is 0 Å². The van der Waals surface area contributed by atoms with Crippen LogP contribution in [-0.4, -0.2) is 40.9 Å². The molecule has 0 spiro atoms. The highest BCUT2D eigenvalue weighted by Gasteiger charge is 2.18. The molecule has 2 heterocycles. The molecule has 9 heteroatoms. The van der Waals surface area contributed by atoms with Crippen LogP contribution in [0.2, 0.25) is 0 Å². The number of amides is 1. The number of carbonyl (C=O) groups excluding carboxylic acids is 1. The average molecular weight is 431 g/mol. The predicted octanol–water partition coefficient (Wildman–Crippen LogP) is 3.30. The van der Waals surface area contributed by atoms with Crippen LogP contribution in [0.1, 0.15) is 54.4 Å². The van der Waals surface area contributed by atoms with Crippen molar-refractivity contribution < 1.29 is 4.79 Å². The van der Waals surface area contributed by atoms with E-state index in [1.165, 1.54) is 5.56 Å². The van der Waals surface area contributed by atoms with E-state index in [0.717, 1.165) is 29.2 Å². The summed E-state index contributed by atoms with van der Waals surface area (Å²) in [6.07, 6.45) is 2.34. The summed E-state index contributed by atoms with van der Waals surface area (Å²) in [4.78, 5) is 13.2. The van der Waals surface area contributed by atoms with Gasteiger partial charge in [0.05, 0.1) is 11.7 Å². The number of hydrogen-bond acceptors (Lipinski definition) is 6. The zero-order valence-corrected chi connectivity index (χ0v) is 18.6. The Morgan fingerprint density at radius 2 is 1.84 bits per heavy atom. The summed E-state index contributed by atoms with van der Waals surface area (Å²) >= 11 is 0. The molecule has 2 aromatic heterocycles. The fraction of sp³-hybridized carbons (Fsp3) is 0.304. The number of hydrogen-bond donors (Lipinski definition) is 1. The van der Waals surface area contributed by atoms with Crippen LogP contribution in [0, 0.1) is 6.92 Å². The van der Waals surface area contributed by atoms with E-state index >= 15 is 0 Å². The number of nitrogens with one attached hydrogen (secondary N) is 1. The van der Waals surface area contributed by atoms with Crippen LogP contribution in [-0.2, 0) is 13.0 Å². The normalized spacial score (nSPS) is 12.0. The van der Waals surface area contributed by atoms with Crippen LogP contribution in [0.15, 0.2) is 48.8 Å². The molecular weight excluding hydrogens is 404 g/mol. The first-order valence-electron chi connectivity index (χ1n) is 10.7. The molecule has 2 aromatic carbocycles. The van der Waals surface area contributed by atoms with Crippen molar-refractivity contribution >= 4 is 5.91 Å². The van der Waals surface area contributed by atoms with E-state index in [0.29, 0.717) is 17.8 Å². The number of carbonyl (C=O) groups is 1. The number of rotatable bonds is 7. The van der Waals surface area contributed by atoms with Crippen molar-refractivity contribution in [2.45, 2.75) is 46.7 Å². The standard InChI is InChI=1S/C23H26N8O/c1-5-21-26-28-29-31(21)20-12-18(17-9-7-15(3)8-10-17)11-19(13-20)23(32)25-16(4)22-27-24-14-30(22)6-2/h7-14,16H,5-6H2,1-4H3,(H,25,32). The molecule has 1 unspecified atom stereocenters. The minimum atomic E-state index is -0.296. The Kier molecular flexibility index (Phi) is 6.07. The van der Waals surface area contributed by atoms with Gasteiger partial charge in [-0.1, -0.05) is 36.8 Å². The van der Waals surface area contributed by atoms with Crippen molar-refractivity contribution in [2.24, 2.45) is 0 Å². The van der Waals surface area contributed by atoms with Crippen LogP contribution in [0.4, 0.5) is 0 Å². The maximum absolute atomic E-state index is 13.2. The van der Waals surface area contributed by atoms with Crippen molar-refractivity contribution in [2.75, 3.05) is 0 Å². The first-order valence-corrected chi connectivity index (χ1v) is 10.7. The number of nitrogens with zero attached hydrogens (tertiary/aromatic N) is 7. The zero-order valence-electron chi connectivity index (χ0n) is 18.6. The molecule has 0 saturated heterocycles. The molecule has 0 aliphatic heterocycles. The smallest absolute Gasteiger partial charge is 0.251 e. The fourth-order valence-electron chi connectivity index (χ4n) is 3.59. The van der Waals surface area contributed by atoms with E-state index in [4.69, 9.17) is 0 Å². The van der Waals surface area contributed by atoms with Crippen LogP contribution in [0.3, 0.4) is 0 Å². The maximum Gasteiger partial charge on any atom is 0.251 e. The Labute approximate surface area is 186 Å². The molecule has 1 amide bonds. The van der Waals surface area contributed by atoms with Crippen LogP contribution >= 0.6 is 0 Å². The summed E-state index contributed by atoms with van der Waals surface area (Å²) in [6.45, 7) is 8.68. The Hall–Kier alpha value is -3.88. The first-order chi connectivity index (χ1) is 15.5. The molecule has 0 fully saturated rings. The summed E-state index contributed by atoms with van der Waals surface area (Å²) < 4.78 is 3.58. The lowest BCUT2D eigenvalue weighted by molar-refractivity contribution is 0.0937.